The van der Waals surface area contributed by atoms with E-state index in [1.807, 2.05) is 30.1 Å². The van der Waals surface area contributed by atoms with Gasteiger partial charge in [-0.25, -0.2) is 0 Å². The van der Waals surface area contributed by atoms with Crippen molar-refractivity contribution < 1.29 is 4.79 Å². The maximum atomic E-state index is 12.5. The van der Waals surface area contributed by atoms with Crippen LogP contribution in [-0.2, 0) is 6.42 Å². The Bertz CT molecular complexity index is 477. The SMILES string of the molecule is CN(CCC(C)(C)C)C(=O)c1cccc(CC(C)(C)C)c1. The molecular formula is C19H31NO. The van der Waals surface area contributed by atoms with Crippen LogP contribution >= 0.6 is 0 Å². The van der Waals surface area contributed by atoms with Crippen LogP contribution in [0.5, 0.6) is 0 Å². The van der Waals surface area contributed by atoms with E-state index in [2.05, 4.69) is 47.6 Å². The van der Waals surface area contributed by atoms with Crippen molar-refractivity contribution in [1.82, 2.24) is 4.90 Å². The van der Waals surface area contributed by atoms with E-state index in [9.17, 15) is 4.79 Å². The van der Waals surface area contributed by atoms with Crippen molar-refractivity contribution in [1.29, 1.82) is 0 Å². The molecule has 0 saturated heterocycles. The Morgan fingerprint density at radius 2 is 1.67 bits per heavy atom. The first-order valence-electron chi connectivity index (χ1n) is 7.82. The van der Waals surface area contributed by atoms with E-state index in [1.165, 1.54) is 5.56 Å². The van der Waals surface area contributed by atoms with Gasteiger partial charge >= 0.3 is 0 Å². The van der Waals surface area contributed by atoms with Gasteiger partial charge in [-0.1, -0.05) is 53.7 Å². The first-order valence-corrected chi connectivity index (χ1v) is 7.82. The molecule has 1 aromatic rings. The second-order valence-electron chi connectivity index (χ2n) is 8.48. The third kappa shape index (κ3) is 6.79. The summed E-state index contributed by atoms with van der Waals surface area (Å²) in [7, 11) is 1.89. The van der Waals surface area contributed by atoms with Gasteiger partial charge in [0.1, 0.15) is 0 Å². The van der Waals surface area contributed by atoms with Gasteiger partial charge in [-0.15, -0.1) is 0 Å². The fourth-order valence-corrected chi connectivity index (χ4v) is 2.25. The monoisotopic (exact) mass is 289 g/mol. The van der Waals surface area contributed by atoms with Crippen LogP contribution in [0.1, 0.15) is 63.9 Å². The molecule has 1 aromatic carbocycles. The molecule has 0 unspecified atom stereocenters. The van der Waals surface area contributed by atoms with Crippen molar-refractivity contribution in [2.45, 2.75) is 54.4 Å². The number of rotatable bonds is 4. The third-order valence-corrected chi connectivity index (χ3v) is 3.45. The van der Waals surface area contributed by atoms with Crippen LogP contribution in [-0.4, -0.2) is 24.4 Å². The van der Waals surface area contributed by atoms with Gasteiger partial charge < -0.3 is 4.90 Å². The van der Waals surface area contributed by atoms with Crippen LogP contribution in [0.15, 0.2) is 24.3 Å². The van der Waals surface area contributed by atoms with Gasteiger partial charge in [-0.05, 0) is 41.4 Å². The maximum Gasteiger partial charge on any atom is 0.253 e. The lowest BCUT2D eigenvalue weighted by molar-refractivity contribution is 0.0780. The van der Waals surface area contributed by atoms with Gasteiger partial charge in [0.2, 0.25) is 0 Å². The molecule has 0 aliphatic carbocycles. The zero-order valence-electron chi connectivity index (χ0n) is 14.8. The van der Waals surface area contributed by atoms with Crippen molar-refractivity contribution in [2.75, 3.05) is 13.6 Å². The van der Waals surface area contributed by atoms with Gasteiger partial charge in [-0.3, -0.25) is 4.79 Å². The summed E-state index contributed by atoms with van der Waals surface area (Å²) in [5, 5.41) is 0. The molecule has 0 aliphatic heterocycles. The second kappa shape index (κ2) is 6.64. The smallest absolute Gasteiger partial charge is 0.253 e. The zero-order chi connectivity index (χ0) is 16.3. The molecule has 1 rings (SSSR count). The van der Waals surface area contributed by atoms with Crippen molar-refractivity contribution >= 4 is 5.91 Å². The Hall–Kier alpha value is -1.31. The van der Waals surface area contributed by atoms with E-state index < -0.39 is 0 Å². The quantitative estimate of drug-likeness (QED) is 0.781. The van der Waals surface area contributed by atoms with E-state index in [0.29, 0.717) is 0 Å². The highest BCUT2D eigenvalue weighted by molar-refractivity contribution is 5.94. The minimum absolute atomic E-state index is 0.120. The molecule has 0 heterocycles. The molecule has 0 spiro atoms. The van der Waals surface area contributed by atoms with Crippen LogP contribution in [0.4, 0.5) is 0 Å². The molecule has 0 radical (unpaired) electrons. The number of benzene rings is 1. The van der Waals surface area contributed by atoms with Crippen molar-refractivity contribution in [3.05, 3.63) is 35.4 Å². The second-order valence-corrected chi connectivity index (χ2v) is 8.48. The molecule has 0 aliphatic rings. The summed E-state index contributed by atoms with van der Waals surface area (Å²) in [5.41, 5.74) is 2.52. The van der Waals surface area contributed by atoms with Gasteiger partial charge in [0, 0.05) is 19.2 Å². The van der Waals surface area contributed by atoms with Crippen LogP contribution in [0, 0.1) is 10.8 Å². The molecule has 0 fully saturated rings. The predicted molar refractivity (Wildman–Crippen MR) is 90.6 cm³/mol. The highest BCUT2D eigenvalue weighted by Gasteiger charge is 2.17. The van der Waals surface area contributed by atoms with Crippen LogP contribution in [0.3, 0.4) is 0 Å². The minimum atomic E-state index is 0.120. The number of carbonyl (C=O) groups excluding carboxylic acids is 1. The Labute approximate surface area is 130 Å². The van der Waals surface area contributed by atoms with E-state index in [-0.39, 0.29) is 16.7 Å². The molecule has 0 N–H and O–H groups in total. The Kier molecular flexibility index (Phi) is 5.61. The molecular weight excluding hydrogens is 258 g/mol. The fourth-order valence-electron chi connectivity index (χ4n) is 2.25. The number of nitrogens with zero attached hydrogens (tertiary/aromatic N) is 1. The lowest BCUT2D eigenvalue weighted by Gasteiger charge is -2.24. The summed E-state index contributed by atoms with van der Waals surface area (Å²) in [6, 6.07) is 8.06. The number of amides is 1. The number of hydrogen-bond acceptors (Lipinski definition) is 1. The van der Waals surface area contributed by atoms with E-state index >= 15 is 0 Å². The fraction of sp³-hybridized carbons (Fsp3) is 0.632. The highest BCUT2D eigenvalue weighted by atomic mass is 16.2. The van der Waals surface area contributed by atoms with E-state index in [4.69, 9.17) is 0 Å². The Morgan fingerprint density at radius 1 is 1.05 bits per heavy atom. The van der Waals surface area contributed by atoms with Gasteiger partial charge in [-0.2, -0.15) is 0 Å². The molecule has 0 saturated carbocycles. The van der Waals surface area contributed by atoms with Crippen LogP contribution in [0.2, 0.25) is 0 Å². The molecule has 2 heteroatoms. The van der Waals surface area contributed by atoms with Gasteiger partial charge in [0.05, 0.1) is 0 Å². The summed E-state index contributed by atoms with van der Waals surface area (Å²) in [4.78, 5) is 14.3. The highest BCUT2D eigenvalue weighted by Crippen LogP contribution is 2.22. The van der Waals surface area contributed by atoms with E-state index in [1.54, 1.807) is 0 Å². The molecule has 0 aromatic heterocycles. The molecule has 118 valence electrons. The van der Waals surface area contributed by atoms with Gasteiger partial charge in [0.25, 0.3) is 5.91 Å². The summed E-state index contributed by atoms with van der Waals surface area (Å²) in [5.74, 6) is 0.120. The Morgan fingerprint density at radius 3 is 2.19 bits per heavy atom. The average molecular weight is 289 g/mol. The molecule has 0 atom stereocenters. The zero-order valence-corrected chi connectivity index (χ0v) is 14.8. The maximum absolute atomic E-state index is 12.5. The molecule has 21 heavy (non-hydrogen) atoms. The minimum Gasteiger partial charge on any atom is -0.342 e. The summed E-state index contributed by atoms with van der Waals surface area (Å²) in [6.07, 6.45) is 2.00. The lowest BCUT2D eigenvalue weighted by atomic mass is 9.87. The summed E-state index contributed by atoms with van der Waals surface area (Å²) >= 11 is 0. The molecule has 1 amide bonds. The Balaban J connectivity index is 2.76. The van der Waals surface area contributed by atoms with Crippen molar-refractivity contribution in [2.24, 2.45) is 10.8 Å². The van der Waals surface area contributed by atoms with Gasteiger partial charge in [0.15, 0.2) is 0 Å². The van der Waals surface area contributed by atoms with Crippen molar-refractivity contribution in [3.8, 4) is 0 Å². The topological polar surface area (TPSA) is 20.3 Å². The van der Waals surface area contributed by atoms with Crippen LogP contribution < -0.4 is 0 Å². The molecule has 0 bridgehead atoms. The number of carbonyl (C=O) groups is 1. The summed E-state index contributed by atoms with van der Waals surface area (Å²) < 4.78 is 0. The first-order chi connectivity index (χ1) is 9.48. The van der Waals surface area contributed by atoms with Crippen LogP contribution in [0.25, 0.3) is 0 Å². The molecule has 2 nitrogen and oxygen atoms in total. The van der Waals surface area contributed by atoms with E-state index in [0.717, 1.165) is 24.9 Å². The standard InChI is InChI=1S/C19H31NO/c1-18(2,3)11-12-20(7)17(21)16-10-8-9-15(13-16)14-19(4,5)6/h8-10,13H,11-12,14H2,1-7H3. The normalized spacial score (nSPS) is 12.3. The first kappa shape index (κ1) is 17.7. The predicted octanol–water partition coefficient (Wildman–Crippen LogP) is 4.78. The number of hydrogen-bond donors (Lipinski definition) is 0. The third-order valence-electron chi connectivity index (χ3n) is 3.45. The largest absolute Gasteiger partial charge is 0.342 e. The average Bonchev–Trinajstić information content (AvgIpc) is 2.32. The lowest BCUT2D eigenvalue weighted by Crippen LogP contribution is -2.30. The van der Waals surface area contributed by atoms with Crippen molar-refractivity contribution in [3.63, 3.8) is 0 Å². The summed E-state index contributed by atoms with van der Waals surface area (Å²) in [6.45, 7) is 14.1.